The van der Waals surface area contributed by atoms with Gasteiger partial charge in [-0.1, -0.05) is 0 Å². The van der Waals surface area contributed by atoms with Gasteiger partial charge in [-0.15, -0.1) is 4.91 Å². The number of hydrogen-bond donors (Lipinski definition) is 0. The van der Waals surface area contributed by atoms with Crippen LogP contribution in [0.4, 0.5) is 39.5 Å². The summed E-state index contributed by atoms with van der Waals surface area (Å²) in [4.78, 5) is 11.2. The molecule has 0 aliphatic carbocycles. The molecule has 3 nitrogen and oxygen atoms in total. The van der Waals surface area contributed by atoms with E-state index in [1.807, 2.05) is 4.84 Å². The molecule has 16 heavy (non-hydrogen) atoms. The van der Waals surface area contributed by atoms with Crippen LogP contribution in [0, 0.1) is 4.91 Å². The van der Waals surface area contributed by atoms with Crippen molar-refractivity contribution in [2.24, 2.45) is 5.34 Å². The van der Waals surface area contributed by atoms with Gasteiger partial charge in [-0.2, -0.15) is 39.5 Å². The Balaban J connectivity index is 5.92. The average Bonchev–Trinajstić information content (AvgIpc) is 1.91. The molecule has 0 aromatic heterocycles. The first-order valence-electron chi connectivity index (χ1n) is 3.02. The zero-order valence-corrected chi connectivity index (χ0v) is 6.67. The molecule has 0 aliphatic rings. The minimum atomic E-state index is -6.93. The molecule has 0 bridgehead atoms. The molecule has 0 aromatic carbocycles. The Labute approximate surface area is 80.1 Å². The summed E-state index contributed by atoms with van der Waals surface area (Å²) < 4.78 is 106. The highest BCUT2D eigenvalue weighted by atomic mass is 19.4. The second-order valence-electron chi connectivity index (χ2n) is 2.34. The van der Waals surface area contributed by atoms with Crippen LogP contribution in [0.2, 0.25) is 0 Å². The molecule has 0 atom stereocenters. The van der Waals surface area contributed by atoms with Crippen molar-refractivity contribution in [3.05, 3.63) is 4.91 Å². The normalized spacial score (nSPS) is 14.8. The highest BCUT2D eigenvalue weighted by Crippen LogP contribution is 2.54. The molecule has 0 amide bonds. The van der Waals surface area contributed by atoms with E-state index in [-0.39, 0.29) is 0 Å². The van der Waals surface area contributed by atoms with Crippen LogP contribution in [0.5, 0.6) is 0 Å². The Morgan fingerprint density at radius 1 is 0.688 bits per heavy atom. The molecule has 0 saturated heterocycles. The smallest absolute Gasteiger partial charge is 0.327 e. The number of nitrogens with zero attached hydrogens (tertiary/aromatic N) is 1. The van der Waals surface area contributed by atoms with E-state index >= 15 is 0 Å². The topological polar surface area (TPSA) is 38.7 Å². The van der Waals surface area contributed by atoms with Crippen molar-refractivity contribution < 1.29 is 44.4 Å². The maximum Gasteiger partial charge on any atom is 0.450 e. The lowest BCUT2D eigenvalue weighted by molar-refractivity contribution is -0.458. The summed E-state index contributed by atoms with van der Waals surface area (Å²) >= 11 is 0. The molecule has 0 fully saturated rings. The molecule has 0 unspecified atom stereocenters. The second kappa shape index (κ2) is 3.66. The maximum atomic E-state index is 11.8. The van der Waals surface area contributed by atoms with E-state index in [1.165, 1.54) is 0 Å². The second-order valence-corrected chi connectivity index (χ2v) is 2.34. The van der Waals surface area contributed by atoms with Gasteiger partial charge >= 0.3 is 24.1 Å². The van der Waals surface area contributed by atoms with Gasteiger partial charge in [0, 0.05) is 0 Å². The van der Waals surface area contributed by atoms with E-state index < -0.39 is 24.1 Å². The molecule has 12 heteroatoms. The molecule has 0 heterocycles. The van der Waals surface area contributed by atoms with E-state index in [0.717, 1.165) is 0 Å². The third-order valence-electron chi connectivity index (χ3n) is 1.37. The fraction of sp³-hybridized carbons (Fsp3) is 1.00. The van der Waals surface area contributed by atoms with E-state index in [1.54, 1.807) is 0 Å². The Kier molecular flexibility index (Phi) is 3.38. The first kappa shape index (κ1) is 14.8. The number of hydrogen-bond acceptors (Lipinski definition) is 3. The summed E-state index contributed by atoms with van der Waals surface area (Å²) in [5.41, 5.74) is -6.62. The van der Waals surface area contributed by atoms with E-state index in [0.29, 0.717) is 5.34 Å². The number of alkyl halides is 9. The van der Waals surface area contributed by atoms with Crippen molar-refractivity contribution in [3.8, 4) is 0 Å². The van der Waals surface area contributed by atoms with Gasteiger partial charge in [-0.25, -0.2) is 0 Å². The molecule has 0 radical (unpaired) electrons. The third kappa shape index (κ3) is 2.00. The molecule has 0 rings (SSSR count). The molecule has 0 aromatic rings. The Bertz CT molecular complexity index is 226. The predicted molar refractivity (Wildman–Crippen MR) is 27.8 cm³/mol. The highest BCUT2D eigenvalue weighted by molar-refractivity contribution is 5.01. The van der Waals surface area contributed by atoms with Gasteiger partial charge < -0.3 is 4.84 Å². The fourth-order valence-electron chi connectivity index (χ4n) is 0.693. The fourth-order valence-corrected chi connectivity index (χ4v) is 0.693. The van der Waals surface area contributed by atoms with Gasteiger partial charge in [-0.3, -0.25) is 0 Å². The van der Waals surface area contributed by atoms with E-state index in [2.05, 4.69) is 0 Å². The summed E-state index contributed by atoms with van der Waals surface area (Å²) in [6, 6.07) is 0. The molecule has 0 aliphatic heterocycles. The van der Waals surface area contributed by atoms with Gasteiger partial charge in [0.05, 0.1) is 0 Å². The molecule has 0 saturated carbocycles. The predicted octanol–water partition coefficient (Wildman–Crippen LogP) is 3.11. The van der Waals surface area contributed by atoms with Crippen molar-refractivity contribution in [2.75, 3.05) is 0 Å². The number of rotatable bonds is 2. The molecular formula is C4F9NO2. The van der Waals surface area contributed by atoms with Crippen molar-refractivity contribution in [1.29, 1.82) is 0 Å². The average molecular weight is 265 g/mol. The monoisotopic (exact) mass is 265 g/mol. The lowest BCUT2D eigenvalue weighted by Crippen LogP contribution is -2.67. The molecular weight excluding hydrogens is 265 g/mol. The van der Waals surface area contributed by atoms with Crippen molar-refractivity contribution >= 4 is 0 Å². The highest BCUT2D eigenvalue weighted by Gasteiger charge is 2.88. The molecule has 0 N–H and O–H groups in total. The van der Waals surface area contributed by atoms with Crippen LogP contribution in [0.25, 0.3) is 0 Å². The van der Waals surface area contributed by atoms with Crippen LogP contribution in [0.15, 0.2) is 5.34 Å². The van der Waals surface area contributed by atoms with E-state index in [9.17, 15) is 44.4 Å². The van der Waals surface area contributed by atoms with Gasteiger partial charge in [0.2, 0.25) is 0 Å². The summed E-state index contributed by atoms with van der Waals surface area (Å²) in [5.74, 6) is 0. The van der Waals surface area contributed by atoms with Gasteiger partial charge in [-0.05, 0) is 0 Å². The van der Waals surface area contributed by atoms with Crippen LogP contribution < -0.4 is 0 Å². The minimum absolute atomic E-state index is 0.598. The Morgan fingerprint density at radius 3 is 1.00 bits per heavy atom. The zero-order chi connectivity index (χ0) is 13.4. The SMILES string of the molecule is O=NOC(C(F)(F)F)(C(F)(F)F)C(F)(F)F. The summed E-state index contributed by atoms with van der Waals surface area (Å²) in [5, 5.41) is 0.598. The largest absolute Gasteiger partial charge is 0.450 e. The van der Waals surface area contributed by atoms with Gasteiger partial charge in [0.1, 0.15) is 0 Å². The standard InChI is InChI=1S/C4F9NO2/c5-2(6,7)1(16-14-15,3(8,9)10)4(11,12)13. The lowest BCUT2D eigenvalue weighted by Gasteiger charge is -2.34. The Morgan fingerprint density at radius 2 is 0.938 bits per heavy atom. The molecule has 0 spiro atoms. The Hall–Kier alpha value is -1.23. The van der Waals surface area contributed by atoms with E-state index in [4.69, 9.17) is 0 Å². The summed E-state index contributed by atoms with van der Waals surface area (Å²) in [6.07, 6.45) is -20.8. The summed E-state index contributed by atoms with van der Waals surface area (Å²) in [7, 11) is 0. The van der Waals surface area contributed by atoms with Crippen molar-refractivity contribution in [2.45, 2.75) is 24.1 Å². The van der Waals surface area contributed by atoms with Crippen molar-refractivity contribution in [1.82, 2.24) is 0 Å². The first-order chi connectivity index (χ1) is 6.81. The quantitative estimate of drug-likeness (QED) is 0.437. The van der Waals surface area contributed by atoms with Crippen LogP contribution in [-0.2, 0) is 4.84 Å². The summed E-state index contributed by atoms with van der Waals surface area (Å²) in [6.45, 7) is 0. The minimum Gasteiger partial charge on any atom is -0.327 e. The third-order valence-corrected chi connectivity index (χ3v) is 1.37. The maximum absolute atomic E-state index is 11.8. The first-order valence-corrected chi connectivity index (χ1v) is 3.02. The van der Waals surface area contributed by atoms with Crippen LogP contribution in [0.3, 0.4) is 0 Å². The molecule has 96 valence electrons. The van der Waals surface area contributed by atoms with Gasteiger partial charge in [0.25, 0.3) is 0 Å². The number of halogens is 9. The van der Waals surface area contributed by atoms with Crippen LogP contribution in [-0.4, -0.2) is 24.1 Å². The zero-order valence-electron chi connectivity index (χ0n) is 6.67. The van der Waals surface area contributed by atoms with Gasteiger partial charge in [0.15, 0.2) is 5.34 Å². The van der Waals surface area contributed by atoms with Crippen LogP contribution in [0.1, 0.15) is 0 Å². The van der Waals surface area contributed by atoms with Crippen LogP contribution >= 0.6 is 0 Å². The van der Waals surface area contributed by atoms with Crippen molar-refractivity contribution in [3.63, 3.8) is 0 Å². The lowest BCUT2D eigenvalue weighted by atomic mass is 10.0.